The largest absolute Gasteiger partial charge is 0.486 e. The normalized spacial score (nSPS) is 12.9. The van der Waals surface area contributed by atoms with Crippen LogP contribution in [0.3, 0.4) is 0 Å². The van der Waals surface area contributed by atoms with Gasteiger partial charge in [-0.2, -0.15) is 5.10 Å². The number of rotatable bonds is 5. The first-order valence-corrected chi connectivity index (χ1v) is 9.08. The molecule has 1 aliphatic heterocycles. The van der Waals surface area contributed by atoms with Gasteiger partial charge in [-0.3, -0.25) is 14.3 Å². The van der Waals surface area contributed by atoms with E-state index in [9.17, 15) is 9.59 Å². The first kappa shape index (κ1) is 19.8. The Morgan fingerprint density at radius 1 is 1.29 bits per heavy atom. The lowest BCUT2D eigenvalue weighted by atomic mass is 10.1. The summed E-state index contributed by atoms with van der Waals surface area (Å²) in [5, 5.41) is 9.95. The third-order valence-electron chi connectivity index (χ3n) is 4.24. The van der Waals surface area contributed by atoms with E-state index in [1.807, 2.05) is 13.8 Å². The number of benzene rings is 1. The summed E-state index contributed by atoms with van der Waals surface area (Å²) < 4.78 is 12.6. The summed E-state index contributed by atoms with van der Waals surface area (Å²) in [6.45, 7) is 4.41. The monoisotopic (exact) mass is 404 g/mol. The van der Waals surface area contributed by atoms with Crippen molar-refractivity contribution >= 4 is 35.2 Å². The highest BCUT2D eigenvalue weighted by molar-refractivity contribution is 6.32. The van der Waals surface area contributed by atoms with Crippen molar-refractivity contribution in [3.8, 4) is 11.5 Å². The Morgan fingerprint density at radius 3 is 2.75 bits per heavy atom. The molecule has 0 spiro atoms. The molecule has 0 bridgehead atoms. The number of aromatic nitrogens is 2. The van der Waals surface area contributed by atoms with Crippen LogP contribution in [0.25, 0.3) is 6.08 Å². The molecule has 0 atom stereocenters. The predicted octanol–water partition coefficient (Wildman–Crippen LogP) is 2.23. The third-order valence-corrected chi connectivity index (χ3v) is 4.52. The molecule has 0 saturated carbocycles. The van der Waals surface area contributed by atoms with Gasteiger partial charge in [0.1, 0.15) is 13.2 Å². The van der Waals surface area contributed by atoms with Gasteiger partial charge in [-0.05, 0) is 37.6 Å². The molecule has 1 aromatic carbocycles. The molecule has 0 unspecified atom stereocenters. The molecule has 3 rings (SSSR count). The van der Waals surface area contributed by atoms with Crippen molar-refractivity contribution in [2.45, 2.75) is 13.8 Å². The number of aryl methyl sites for hydroxylation is 2. The highest BCUT2D eigenvalue weighted by Gasteiger charge is 2.16. The van der Waals surface area contributed by atoms with E-state index in [-0.39, 0.29) is 12.5 Å². The Kier molecular flexibility index (Phi) is 5.89. The zero-order valence-electron chi connectivity index (χ0n) is 15.8. The Morgan fingerprint density at radius 2 is 2.04 bits per heavy atom. The number of carbonyl (C=O) groups is 2. The molecule has 2 amide bonds. The summed E-state index contributed by atoms with van der Waals surface area (Å²) >= 11 is 6.17. The molecule has 148 valence electrons. The molecule has 9 heteroatoms. The summed E-state index contributed by atoms with van der Waals surface area (Å²) in [5.74, 6) is 0.316. The molecular formula is C19H21ClN4O4. The standard InChI is InChI=1S/C19H21ClN4O4/c1-11-18(12(2)24(3)23-11)22-17(26)10-21-16(25)5-4-13-8-14(20)19-15(9-13)27-6-7-28-19/h4-5,8-9H,6-7,10H2,1-3H3,(H,21,25)(H,22,26)/b5-4+. The smallest absolute Gasteiger partial charge is 0.244 e. The van der Waals surface area contributed by atoms with Gasteiger partial charge in [0.2, 0.25) is 11.8 Å². The van der Waals surface area contributed by atoms with Crippen LogP contribution in [0, 0.1) is 13.8 Å². The number of anilines is 1. The van der Waals surface area contributed by atoms with E-state index in [0.29, 0.717) is 41.0 Å². The maximum atomic E-state index is 12.1. The summed E-state index contributed by atoms with van der Waals surface area (Å²) in [4.78, 5) is 24.1. The van der Waals surface area contributed by atoms with Crippen molar-refractivity contribution in [2.24, 2.45) is 7.05 Å². The number of ether oxygens (including phenoxy) is 2. The van der Waals surface area contributed by atoms with Crippen molar-refractivity contribution in [2.75, 3.05) is 25.1 Å². The molecule has 0 fully saturated rings. The molecule has 2 heterocycles. The van der Waals surface area contributed by atoms with Crippen molar-refractivity contribution < 1.29 is 19.1 Å². The second-order valence-electron chi connectivity index (χ2n) is 6.30. The van der Waals surface area contributed by atoms with Gasteiger partial charge >= 0.3 is 0 Å². The molecule has 0 aliphatic carbocycles. The average Bonchev–Trinajstić information content (AvgIpc) is 2.91. The van der Waals surface area contributed by atoms with Gasteiger partial charge < -0.3 is 20.1 Å². The van der Waals surface area contributed by atoms with Crippen LogP contribution in [0.4, 0.5) is 5.69 Å². The molecule has 8 nitrogen and oxygen atoms in total. The second-order valence-corrected chi connectivity index (χ2v) is 6.70. The predicted molar refractivity (Wildman–Crippen MR) is 106 cm³/mol. The number of nitrogens with zero attached hydrogens (tertiary/aromatic N) is 2. The molecular weight excluding hydrogens is 384 g/mol. The van der Waals surface area contributed by atoms with Crippen LogP contribution >= 0.6 is 11.6 Å². The molecule has 2 aromatic rings. The fourth-order valence-corrected chi connectivity index (χ4v) is 3.04. The number of fused-ring (bicyclic) bond motifs is 1. The first-order valence-electron chi connectivity index (χ1n) is 8.70. The number of halogens is 1. The average molecular weight is 405 g/mol. The van der Waals surface area contributed by atoms with Gasteiger partial charge in [0.25, 0.3) is 0 Å². The molecule has 1 aliphatic rings. The van der Waals surface area contributed by atoms with E-state index in [2.05, 4.69) is 15.7 Å². The van der Waals surface area contributed by atoms with Crippen LogP contribution < -0.4 is 20.1 Å². The Hall–Kier alpha value is -3.00. The second kappa shape index (κ2) is 8.35. The van der Waals surface area contributed by atoms with Crippen molar-refractivity contribution in [1.29, 1.82) is 0 Å². The van der Waals surface area contributed by atoms with Gasteiger partial charge in [-0.25, -0.2) is 0 Å². The number of amides is 2. The summed E-state index contributed by atoms with van der Waals surface area (Å²) in [6, 6.07) is 3.42. The lowest BCUT2D eigenvalue weighted by Crippen LogP contribution is -2.31. The lowest BCUT2D eigenvalue weighted by molar-refractivity contribution is -0.121. The van der Waals surface area contributed by atoms with Crippen molar-refractivity contribution in [3.63, 3.8) is 0 Å². The maximum absolute atomic E-state index is 12.1. The van der Waals surface area contributed by atoms with E-state index in [0.717, 1.165) is 11.4 Å². The van der Waals surface area contributed by atoms with Gasteiger partial charge in [0.15, 0.2) is 11.5 Å². The highest BCUT2D eigenvalue weighted by atomic mass is 35.5. The third kappa shape index (κ3) is 4.45. The van der Waals surface area contributed by atoms with E-state index in [1.54, 1.807) is 29.9 Å². The van der Waals surface area contributed by atoms with Crippen LogP contribution in [-0.4, -0.2) is 41.4 Å². The fourth-order valence-electron chi connectivity index (χ4n) is 2.76. The summed E-state index contributed by atoms with van der Waals surface area (Å²) in [5.41, 5.74) is 2.90. The van der Waals surface area contributed by atoms with Gasteiger partial charge in [-0.15, -0.1) is 0 Å². The van der Waals surface area contributed by atoms with E-state index < -0.39 is 5.91 Å². The minimum absolute atomic E-state index is 0.154. The maximum Gasteiger partial charge on any atom is 0.244 e. The van der Waals surface area contributed by atoms with E-state index in [1.165, 1.54) is 6.08 Å². The van der Waals surface area contributed by atoms with Crippen molar-refractivity contribution in [3.05, 3.63) is 40.2 Å². The SMILES string of the molecule is Cc1nn(C)c(C)c1NC(=O)CNC(=O)/C=C/c1cc(Cl)c2c(c1)OCCO2. The lowest BCUT2D eigenvalue weighted by Gasteiger charge is -2.19. The summed E-state index contributed by atoms with van der Waals surface area (Å²) in [6.07, 6.45) is 2.92. The van der Waals surface area contributed by atoms with Crippen LogP contribution in [0.5, 0.6) is 11.5 Å². The minimum Gasteiger partial charge on any atom is -0.486 e. The van der Waals surface area contributed by atoms with Gasteiger partial charge in [0.05, 0.1) is 28.6 Å². The minimum atomic E-state index is -0.402. The zero-order chi connectivity index (χ0) is 20.3. The Labute approximate surface area is 167 Å². The molecule has 1 aromatic heterocycles. The van der Waals surface area contributed by atoms with Crippen LogP contribution in [-0.2, 0) is 16.6 Å². The number of hydrogen-bond donors (Lipinski definition) is 2. The zero-order valence-corrected chi connectivity index (χ0v) is 16.6. The fraction of sp³-hybridized carbons (Fsp3) is 0.316. The number of carbonyl (C=O) groups excluding carboxylic acids is 2. The van der Waals surface area contributed by atoms with Gasteiger partial charge in [0, 0.05) is 13.1 Å². The molecule has 28 heavy (non-hydrogen) atoms. The highest BCUT2D eigenvalue weighted by Crippen LogP contribution is 2.38. The quantitative estimate of drug-likeness (QED) is 0.745. The van der Waals surface area contributed by atoms with Gasteiger partial charge in [-0.1, -0.05) is 11.6 Å². The number of hydrogen-bond acceptors (Lipinski definition) is 5. The number of nitrogens with one attached hydrogen (secondary N) is 2. The topological polar surface area (TPSA) is 94.5 Å². The van der Waals surface area contributed by atoms with Crippen LogP contribution in [0.1, 0.15) is 17.0 Å². The molecule has 0 radical (unpaired) electrons. The van der Waals surface area contributed by atoms with Crippen molar-refractivity contribution in [1.82, 2.24) is 15.1 Å². The first-order chi connectivity index (χ1) is 13.3. The Balaban J connectivity index is 1.55. The van der Waals surface area contributed by atoms with E-state index in [4.69, 9.17) is 21.1 Å². The Bertz CT molecular complexity index is 952. The van der Waals surface area contributed by atoms with Crippen LogP contribution in [0.15, 0.2) is 18.2 Å². The molecule has 0 saturated heterocycles. The molecule has 2 N–H and O–H groups in total. The van der Waals surface area contributed by atoms with Crippen LogP contribution in [0.2, 0.25) is 5.02 Å². The summed E-state index contributed by atoms with van der Waals surface area (Å²) in [7, 11) is 1.80. The van der Waals surface area contributed by atoms with E-state index >= 15 is 0 Å².